The Morgan fingerprint density at radius 1 is 0.789 bits per heavy atom. The van der Waals surface area contributed by atoms with Crippen molar-refractivity contribution in [3.8, 4) is 11.3 Å². The van der Waals surface area contributed by atoms with Gasteiger partial charge in [-0.1, -0.05) is 95.3 Å². The van der Waals surface area contributed by atoms with Gasteiger partial charge in [-0.25, -0.2) is 4.57 Å². The van der Waals surface area contributed by atoms with Gasteiger partial charge in [0.15, 0.2) is 6.17 Å². The van der Waals surface area contributed by atoms with E-state index in [1.54, 1.807) is 0 Å². The van der Waals surface area contributed by atoms with E-state index in [-0.39, 0.29) is 10.8 Å². The fourth-order valence-corrected chi connectivity index (χ4v) is 7.74. The smallest absolute Gasteiger partial charge is 0.200 e. The second-order valence-corrected chi connectivity index (χ2v) is 14.9. The molecular formula is C36H40NS+. The summed E-state index contributed by atoms with van der Waals surface area (Å²) < 4.78 is 11.1. The van der Waals surface area contributed by atoms with Crippen LogP contribution in [0.4, 0.5) is 0 Å². The van der Waals surface area contributed by atoms with E-state index in [9.17, 15) is 0 Å². The molecule has 38 heavy (non-hydrogen) atoms. The van der Waals surface area contributed by atoms with E-state index >= 15 is 0 Å². The van der Waals surface area contributed by atoms with Crippen LogP contribution in [0.1, 0.15) is 65.2 Å². The molecule has 0 aliphatic carbocycles. The van der Waals surface area contributed by atoms with Crippen LogP contribution in [-0.4, -0.2) is 0 Å². The summed E-state index contributed by atoms with van der Waals surface area (Å²) in [4.78, 5) is 2.68. The molecule has 194 valence electrons. The van der Waals surface area contributed by atoms with Gasteiger partial charge in [-0.3, -0.25) is 0 Å². The van der Waals surface area contributed by atoms with Gasteiger partial charge in [0.25, 0.3) is 0 Å². The molecule has 0 unspecified atom stereocenters. The first-order chi connectivity index (χ1) is 18.2. The normalized spacial score (nSPS) is 13.9. The lowest BCUT2D eigenvalue weighted by Gasteiger charge is -2.28. The molecule has 0 radical (unpaired) electrons. The SMILES string of the molecule is [2H]c1cc2c3c(cc4cc(CC(C)(C)C)ccc42)Sc2c(c(C)c4cc(C)ccc4c2CC(C)(C)C)-c3[n+]1C. The highest BCUT2D eigenvalue weighted by Crippen LogP contribution is 2.53. The number of hydrogen-bond donors (Lipinski definition) is 0. The van der Waals surface area contributed by atoms with Crippen molar-refractivity contribution in [2.45, 2.75) is 78.0 Å². The van der Waals surface area contributed by atoms with Crippen LogP contribution in [0.25, 0.3) is 43.6 Å². The van der Waals surface area contributed by atoms with Crippen molar-refractivity contribution >= 4 is 44.1 Å². The number of aromatic nitrogens is 1. The Bertz CT molecular complexity index is 1830. The van der Waals surface area contributed by atoms with Crippen molar-refractivity contribution < 1.29 is 5.94 Å². The molecule has 0 bridgehead atoms. The molecule has 0 amide bonds. The van der Waals surface area contributed by atoms with Crippen molar-refractivity contribution in [3.05, 3.63) is 77.0 Å². The van der Waals surface area contributed by atoms with Gasteiger partial charge in [0, 0.05) is 21.2 Å². The van der Waals surface area contributed by atoms with Crippen LogP contribution >= 0.6 is 11.8 Å². The molecule has 0 saturated carbocycles. The van der Waals surface area contributed by atoms with Crippen LogP contribution in [0.2, 0.25) is 0 Å². The third-order valence-corrected chi connectivity index (χ3v) is 9.05. The van der Waals surface area contributed by atoms with Crippen molar-refractivity contribution in [1.29, 1.82) is 0 Å². The predicted molar refractivity (Wildman–Crippen MR) is 165 cm³/mol. The molecule has 4 aromatic carbocycles. The van der Waals surface area contributed by atoms with E-state index < -0.39 is 0 Å². The first-order valence-electron chi connectivity index (χ1n) is 14.3. The van der Waals surface area contributed by atoms with E-state index in [0.29, 0.717) is 6.17 Å². The third kappa shape index (κ3) is 4.22. The molecule has 2 heteroatoms. The third-order valence-electron chi connectivity index (χ3n) is 7.85. The zero-order chi connectivity index (χ0) is 28.0. The predicted octanol–water partition coefficient (Wildman–Crippen LogP) is 9.90. The number of pyridine rings is 1. The Morgan fingerprint density at radius 2 is 1.50 bits per heavy atom. The Morgan fingerprint density at radius 3 is 2.21 bits per heavy atom. The number of nitrogens with zero attached hydrogens (tertiary/aromatic N) is 1. The van der Waals surface area contributed by atoms with Crippen molar-refractivity contribution in [2.75, 3.05) is 0 Å². The summed E-state index contributed by atoms with van der Waals surface area (Å²) in [6.07, 6.45) is 2.60. The second-order valence-electron chi connectivity index (χ2n) is 13.8. The van der Waals surface area contributed by atoms with Gasteiger partial charge in [-0.2, -0.15) is 0 Å². The van der Waals surface area contributed by atoms with Crippen LogP contribution in [0, 0.1) is 24.7 Å². The number of rotatable bonds is 2. The Balaban J connectivity index is 1.75. The molecule has 0 saturated heterocycles. The summed E-state index contributed by atoms with van der Waals surface area (Å²) in [6, 6.07) is 18.4. The summed E-state index contributed by atoms with van der Waals surface area (Å²) in [5.41, 5.74) is 8.33. The fourth-order valence-electron chi connectivity index (χ4n) is 6.36. The molecule has 0 N–H and O–H groups in total. The lowest BCUT2D eigenvalue weighted by molar-refractivity contribution is -0.659. The maximum atomic E-state index is 9.04. The average molecular weight is 520 g/mol. The monoisotopic (exact) mass is 519 g/mol. The van der Waals surface area contributed by atoms with Crippen molar-refractivity contribution in [1.82, 2.24) is 0 Å². The van der Waals surface area contributed by atoms with Gasteiger partial charge in [0.05, 0.1) is 10.9 Å². The largest absolute Gasteiger partial charge is 0.222 e. The summed E-state index contributed by atoms with van der Waals surface area (Å²) in [5, 5.41) is 7.72. The molecule has 1 aromatic heterocycles. The summed E-state index contributed by atoms with van der Waals surface area (Å²) in [5.74, 6) is 0. The molecule has 1 aliphatic rings. The minimum absolute atomic E-state index is 0.154. The molecule has 1 nitrogen and oxygen atoms in total. The van der Waals surface area contributed by atoms with E-state index in [0.717, 1.165) is 12.8 Å². The van der Waals surface area contributed by atoms with Crippen LogP contribution in [-0.2, 0) is 19.9 Å². The molecular weight excluding hydrogens is 478 g/mol. The van der Waals surface area contributed by atoms with Crippen LogP contribution in [0.3, 0.4) is 0 Å². The first kappa shape index (κ1) is 24.2. The topological polar surface area (TPSA) is 3.88 Å². The van der Waals surface area contributed by atoms with Gasteiger partial charge in [-0.15, -0.1) is 0 Å². The molecule has 0 atom stereocenters. The maximum Gasteiger partial charge on any atom is 0.222 e. The van der Waals surface area contributed by atoms with Gasteiger partial charge in [0.1, 0.15) is 8.42 Å². The highest BCUT2D eigenvalue weighted by Gasteiger charge is 2.33. The van der Waals surface area contributed by atoms with E-state index in [2.05, 4.69) is 116 Å². The number of aryl methyl sites for hydroxylation is 2. The number of benzene rings is 4. The molecule has 2 heterocycles. The standard InChI is InChI=1S/C36H40NS/c1-21-10-12-26-28(16-21)22(2)31-33-32-27(14-15-37(33)9)25-13-11-23(19-35(3,4)5)17-24(25)18-30(32)38-34(31)29(26)20-36(6,7)8/h10-18H,19-20H2,1-9H3/q+1/i15D. The number of hydrogen-bond acceptors (Lipinski definition) is 1. The molecule has 5 aromatic rings. The zero-order valence-corrected chi connectivity index (χ0v) is 25.2. The van der Waals surface area contributed by atoms with Crippen LogP contribution in [0.5, 0.6) is 0 Å². The lowest BCUT2D eigenvalue weighted by atomic mass is 9.82. The summed E-state index contributed by atoms with van der Waals surface area (Å²) in [7, 11) is 2.07. The Kier molecular flexibility index (Phi) is 5.47. The Labute approximate surface area is 233 Å². The molecule has 0 fully saturated rings. The maximum absolute atomic E-state index is 9.04. The van der Waals surface area contributed by atoms with Gasteiger partial charge < -0.3 is 0 Å². The minimum Gasteiger partial charge on any atom is -0.200 e. The zero-order valence-electron chi connectivity index (χ0n) is 25.4. The highest BCUT2D eigenvalue weighted by atomic mass is 32.2. The summed E-state index contributed by atoms with van der Waals surface area (Å²) >= 11 is 1.95. The minimum atomic E-state index is 0.154. The van der Waals surface area contributed by atoms with Crippen LogP contribution < -0.4 is 4.57 Å². The lowest BCUT2D eigenvalue weighted by Crippen LogP contribution is -2.32. The van der Waals surface area contributed by atoms with E-state index in [1.807, 2.05) is 11.8 Å². The highest BCUT2D eigenvalue weighted by molar-refractivity contribution is 8.00. The molecule has 1 aliphatic heterocycles. The average Bonchev–Trinajstić information content (AvgIpc) is 2.82. The van der Waals surface area contributed by atoms with Crippen LogP contribution in [0.15, 0.2) is 64.5 Å². The molecule has 0 spiro atoms. The van der Waals surface area contributed by atoms with Gasteiger partial charge in [0.2, 0.25) is 5.69 Å². The first-order valence-corrected chi connectivity index (χ1v) is 14.7. The van der Waals surface area contributed by atoms with E-state index in [1.165, 1.54) is 75.6 Å². The fraction of sp³-hybridized carbons (Fsp3) is 0.361. The quantitative estimate of drug-likeness (QED) is 0.163. The van der Waals surface area contributed by atoms with Crippen molar-refractivity contribution in [3.63, 3.8) is 0 Å². The Hall–Kier alpha value is -2.84. The molecule has 6 rings (SSSR count). The summed E-state index contributed by atoms with van der Waals surface area (Å²) in [6.45, 7) is 18.4. The van der Waals surface area contributed by atoms with E-state index in [4.69, 9.17) is 1.37 Å². The van der Waals surface area contributed by atoms with Crippen molar-refractivity contribution in [2.24, 2.45) is 17.9 Å². The second kappa shape index (κ2) is 8.58. The van der Waals surface area contributed by atoms with Gasteiger partial charge >= 0.3 is 0 Å². The number of fused-ring (bicyclic) bond motifs is 5. The van der Waals surface area contributed by atoms with Gasteiger partial charge in [-0.05, 0) is 81.8 Å².